The lowest BCUT2D eigenvalue weighted by molar-refractivity contribution is 0.581. The number of nitrogens with zero attached hydrogens (tertiary/aromatic N) is 1. The maximum absolute atomic E-state index is 12.0. The number of aryl methyl sites for hydroxylation is 1. The molecule has 0 saturated heterocycles. The molecule has 2 heterocycles. The molecule has 0 saturated carbocycles. The van der Waals surface area contributed by atoms with E-state index in [0.717, 1.165) is 10.4 Å². The number of hydrogen-bond donors (Lipinski definition) is 1. The highest BCUT2D eigenvalue weighted by molar-refractivity contribution is 9.10. The minimum atomic E-state index is -3.51. The predicted molar refractivity (Wildman–Crippen MR) is 75.0 cm³/mol. The van der Waals surface area contributed by atoms with Crippen LogP contribution >= 0.6 is 27.3 Å². The molecule has 0 aromatic carbocycles. The molecule has 0 unspecified atom stereocenters. The van der Waals surface area contributed by atoms with Crippen LogP contribution in [0.4, 0.5) is 0 Å². The van der Waals surface area contributed by atoms with Gasteiger partial charge in [-0.05, 0) is 45.9 Å². The maximum atomic E-state index is 12.0. The fourth-order valence-electron chi connectivity index (χ4n) is 1.37. The van der Waals surface area contributed by atoms with Gasteiger partial charge in [0.25, 0.3) is 0 Å². The Morgan fingerprint density at radius 2 is 2.22 bits per heavy atom. The Hall–Kier alpha value is -0.760. The molecule has 2 rings (SSSR count). The van der Waals surface area contributed by atoms with Crippen molar-refractivity contribution >= 4 is 37.3 Å². The highest BCUT2D eigenvalue weighted by atomic mass is 79.9. The summed E-state index contributed by atoms with van der Waals surface area (Å²) in [7, 11) is -3.51. The van der Waals surface area contributed by atoms with E-state index in [-0.39, 0.29) is 4.90 Å². The van der Waals surface area contributed by atoms with Crippen molar-refractivity contribution in [2.75, 3.05) is 0 Å². The molecular weight excluding hydrogens is 336 g/mol. The van der Waals surface area contributed by atoms with E-state index < -0.39 is 10.0 Å². The van der Waals surface area contributed by atoms with Crippen LogP contribution in [0, 0.1) is 6.92 Å². The van der Waals surface area contributed by atoms with E-state index >= 15 is 0 Å². The number of sulfonamides is 1. The van der Waals surface area contributed by atoms with E-state index in [1.807, 2.05) is 18.4 Å². The second kappa shape index (κ2) is 5.48. The van der Waals surface area contributed by atoms with Crippen molar-refractivity contribution in [2.24, 2.45) is 0 Å². The Balaban J connectivity index is 2.16. The average Bonchev–Trinajstić information content (AvgIpc) is 2.72. The molecule has 1 N–H and O–H groups in total. The van der Waals surface area contributed by atoms with Crippen LogP contribution in [0.5, 0.6) is 0 Å². The Labute approximate surface area is 118 Å². The minimum Gasteiger partial charge on any atom is -0.262 e. The summed E-state index contributed by atoms with van der Waals surface area (Å²) < 4.78 is 27.3. The second-order valence-electron chi connectivity index (χ2n) is 3.69. The molecule has 4 nitrogen and oxygen atoms in total. The van der Waals surface area contributed by atoms with Crippen LogP contribution in [0.1, 0.15) is 10.4 Å². The number of hydrogen-bond acceptors (Lipinski definition) is 4. The number of nitrogens with one attached hydrogen (secondary N) is 1. The third-order valence-electron chi connectivity index (χ3n) is 2.38. The van der Waals surface area contributed by atoms with Gasteiger partial charge in [-0.1, -0.05) is 0 Å². The minimum absolute atomic E-state index is 0.158. The molecule has 0 aliphatic rings. The summed E-state index contributed by atoms with van der Waals surface area (Å²) in [6.07, 6.45) is 2.87. The lowest BCUT2D eigenvalue weighted by Crippen LogP contribution is -2.23. The molecular formula is C11H11BrN2O2S2. The Bertz CT molecular complexity index is 653. The summed E-state index contributed by atoms with van der Waals surface area (Å²) >= 11 is 4.74. The van der Waals surface area contributed by atoms with Crippen molar-refractivity contribution in [2.45, 2.75) is 18.4 Å². The number of aromatic nitrogens is 1. The number of thiophene rings is 1. The fraction of sp³-hybridized carbons (Fsp3) is 0.182. The van der Waals surface area contributed by atoms with Crippen LogP contribution in [0.25, 0.3) is 0 Å². The SMILES string of the molecule is Cc1ccsc1CNS(=O)(=O)c1cncc(Br)c1. The molecule has 0 atom stereocenters. The highest BCUT2D eigenvalue weighted by Gasteiger charge is 2.15. The van der Waals surface area contributed by atoms with Crippen LogP contribution < -0.4 is 4.72 Å². The van der Waals surface area contributed by atoms with Gasteiger partial charge < -0.3 is 0 Å². The molecule has 0 bridgehead atoms. The van der Waals surface area contributed by atoms with Gasteiger partial charge in [0.1, 0.15) is 4.90 Å². The molecule has 18 heavy (non-hydrogen) atoms. The normalized spacial score (nSPS) is 11.7. The molecule has 0 spiro atoms. The van der Waals surface area contributed by atoms with Crippen LogP contribution in [0.2, 0.25) is 0 Å². The van der Waals surface area contributed by atoms with Crippen LogP contribution in [-0.2, 0) is 16.6 Å². The quantitative estimate of drug-likeness (QED) is 0.925. The van der Waals surface area contributed by atoms with E-state index in [1.165, 1.54) is 23.6 Å². The van der Waals surface area contributed by atoms with Gasteiger partial charge in [-0.3, -0.25) is 4.98 Å². The van der Waals surface area contributed by atoms with Gasteiger partial charge in [0, 0.05) is 28.3 Å². The maximum Gasteiger partial charge on any atom is 0.242 e. The van der Waals surface area contributed by atoms with Gasteiger partial charge in [0.15, 0.2) is 0 Å². The summed E-state index contributed by atoms with van der Waals surface area (Å²) in [5, 5.41) is 1.94. The van der Waals surface area contributed by atoms with Gasteiger partial charge in [-0.2, -0.15) is 0 Å². The van der Waals surface area contributed by atoms with Crippen LogP contribution in [0.15, 0.2) is 39.3 Å². The first-order chi connectivity index (χ1) is 8.49. The topological polar surface area (TPSA) is 59.1 Å². The van der Waals surface area contributed by atoms with Crippen molar-refractivity contribution in [3.8, 4) is 0 Å². The summed E-state index contributed by atoms with van der Waals surface area (Å²) in [6, 6.07) is 3.49. The molecule has 0 amide bonds. The lowest BCUT2D eigenvalue weighted by Gasteiger charge is -2.06. The first kappa shape index (κ1) is 13.7. The van der Waals surface area contributed by atoms with Crippen molar-refractivity contribution in [1.29, 1.82) is 0 Å². The molecule has 0 aliphatic heterocycles. The summed E-state index contributed by atoms with van der Waals surface area (Å²) in [6.45, 7) is 2.26. The summed E-state index contributed by atoms with van der Waals surface area (Å²) in [5.74, 6) is 0. The standard InChI is InChI=1S/C11H11BrN2O2S2/c1-8-2-3-17-11(8)7-14-18(15,16)10-4-9(12)5-13-6-10/h2-6,14H,7H2,1H3. The van der Waals surface area contributed by atoms with Gasteiger partial charge in [0.2, 0.25) is 10.0 Å². The molecule has 2 aromatic heterocycles. The predicted octanol–water partition coefficient (Wildman–Crippen LogP) is 2.69. The smallest absolute Gasteiger partial charge is 0.242 e. The van der Waals surface area contributed by atoms with E-state index in [0.29, 0.717) is 11.0 Å². The monoisotopic (exact) mass is 346 g/mol. The zero-order chi connectivity index (χ0) is 13.2. The van der Waals surface area contributed by atoms with E-state index in [4.69, 9.17) is 0 Å². The molecule has 0 aliphatic carbocycles. The van der Waals surface area contributed by atoms with Gasteiger partial charge >= 0.3 is 0 Å². The van der Waals surface area contributed by atoms with Gasteiger partial charge in [0.05, 0.1) is 0 Å². The third-order valence-corrected chi connectivity index (χ3v) is 5.21. The molecule has 2 aromatic rings. The van der Waals surface area contributed by atoms with E-state index in [2.05, 4.69) is 25.6 Å². The largest absolute Gasteiger partial charge is 0.262 e. The van der Waals surface area contributed by atoms with Gasteiger partial charge in [-0.15, -0.1) is 11.3 Å². The first-order valence-electron chi connectivity index (χ1n) is 5.12. The molecule has 0 radical (unpaired) electrons. The van der Waals surface area contributed by atoms with E-state index in [1.54, 1.807) is 6.20 Å². The van der Waals surface area contributed by atoms with E-state index in [9.17, 15) is 8.42 Å². The van der Waals surface area contributed by atoms with Crippen molar-refractivity contribution < 1.29 is 8.42 Å². The second-order valence-corrected chi connectivity index (χ2v) is 7.37. The number of halogens is 1. The molecule has 7 heteroatoms. The zero-order valence-electron chi connectivity index (χ0n) is 9.55. The van der Waals surface area contributed by atoms with Crippen LogP contribution in [-0.4, -0.2) is 13.4 Å². The average molecular weight is 347 g/mol. The fourth-order valence-corrected chi connectivity index (χ4v) is 3.80. The number of rotatable bonds is 4. The third kappa shape index (κ3) is 3.17. The number of pyridine rings is 1. The summed E-state index contributed by atoms with van der Waals surface area (Å²) in [4.78, 5) is 5.02. The van der Waals surface area contributed by atoms with Gasteiger partial charge in [-0.25, -0.2) is 13.1 Å². The Morgan fingerprint density at radius 3 is 2.83 bits per heavy atom. The van der Waals surface area contributed by atoms with Crippen molar-refractivity contribution in [3.05, 3.63) is 44.8 Å². The molecule has 0 fully saturated rings. The highest BCUT2D eigenvalue weighted by Crippen LogP contribution is 2.17. The molecule has 96 valence electrons. The van der Waals surface area contributed by atoms with Crippen LogP contribution in [0.3, 0.4) is 0 Å². The Morgan fingerprint density at radius 1 is 1.44 bits per heavy atom. The zero-order valence-corrected chi connectivity index (χ0v) is 12.8. The lowest BCUT2D eigenvalue weighted by atomic mass is 10.3. The van der Waals surface area contributed by atoms with Crippen molar-refractivity contribution in [1.82, 2.24) is 9.71 Å². The van der Waals surface area contributed by atoms with Crippen molar-refractivity contribution in [3.63, 3.8) is 0 Å². The summed E-state index contributed by atoms with van der Waals surface area (Å²) in [5.41, 5.74) is 1.09. The first-order valence-corrected chi connectivity index (χ1v) is 8.28. The Kier molecular flexibility index (Phi) is 4.16.